The maximum Gasteiger partial charge on any atom is 0.255 e. The number of carbonyl (C=O) groups is 1. The number of carbonyl (C=O) groups excluding carboxylic acids is 1. The molecule has 0 aromatic rings. The number of halogens is 3. The second kappa shape index (κ2) is 5.61. The van der Waals surface area contributed by atoms with E-state index in [0.29, 0.717) is 6.54 Å². The molecule has 3 nitrogen and oxygen atoms in total. The van der Waals surface area contributed by atoms with Gasteiger partial charge in [-0.25, -0.2) is 8.78 Å². The van der Waals surface area contributed by atoms with Gasteiger partial charge in [0.15, 0.2) is 0 Å². The highest BCUT2D eigenvalue weighted by molar-refractivity contribution is 5.85. The molecule has 0 bridgehead atoms. The first kappa shape index (κ1) is 14.6. The summed E-state index contributed by atoms with van der Waals surface area (Å²) in [7, 11) is 1.43. The van der Waals surface area contributed by atoms with E-state index in [-0.39, 0.29) is 18.3 Å². The quantitative estimate of drug-likeness (QED) is 0.805. The van der Waals surface area contributed by atoms with Crippen molar-refractivity contribution in [2.45, 2.75) is 19.8 Å². The summed E-state index contributed by atoms with van der Waals surface area (Å²) in [4.78, 5) is 12.9. The largest absolute Gasteiger partial charge is 0.340 e. The molecule has 1 atom stereocenters. The summed E-state index contributed by atoms with van der Waals surface area (Å²) >= 11 is 0. The molecule has 1 amide bonds. The molecule has 0 saturated carbocycles. The molecule has 0 radical (unpaired) electrons. The minimum atomic E-state index is -2.46. The van der Waals surface area contributed by atoms with Crippen LogP contribution in [0.1, 0.15) is 13.3 Å². The fourth-order valence-electron chi connectivity index (χ4n) is 1.75. The lowest BCUT2D eigenvalue weighted by Crippen LogP contribution is -2.43. The Morgan fingerprint density at radius 3 is 2.60 bits per heavy atom. The summed E-state index contributed by atoms with van der Waals surface area (Å²) in [6, 6.07) is 0. The molecule has 0 spiro atoms. The molecule has 6 heteroatoms. The molecular formula is C9H17ClF2N2O. The highest BCUT2D eigenvalue weighted by Gasteiger charge is 2.38. The van der Waals surface area contributed by atoms with E-state index in [1.54, 1.807) is 0 Å². The van der Waals surface area contributed by atoms with Gasteiger partial charge in [0.2, 0.25) is 5.91 Å². The van der Waals surface area contributed by atoms with Crippen molar-refractivity contribution < 1.29 is 13.6 Å². The van der Waals surface area contributed by atoms with Gasteiger partial charge in [-0.3, -0.25) is 4.79 Å². The first-order valence-corrected chi connectivity index (χ1v) is 4.70. The second-order valence-corrected chi connectivity index (χ2v) is 4.06. The average molecular weight is 243 g/mol. The van der Waals surface area contributed by atoms with Crippen molar-refractivity contribution in [3.63, 3.8) is 0 Å². The van der Waals surface area contributed by atoms with Crippen LogP contribution in [0.2, 0.25) is 0 Å². The van der Waals surface area contributed by atoms with E-state index in [1.807, 2.05) is 6.92 Å². The van der Waals surface area contributed by atoms with Gasteiger partial charge in [-0.05, 0) is 19.9 Å². The maximum atomic E-state index is 12.0. The number of nitrogens with zero attached hydrogens (tertiary/aromatic N) is 1. The normalized spacial score (nSPS) is 25.1. The summed E-state index contributed by atoms with van der Waals surface area (Å²) in [6.07, 6.45) is -1.73. The van der Waals surface area contributed by atoms with Gasteiger partial charge >= 0.3 is 0 Å². The van der Waals surface area contributed by atoms with Gasteiger partial charge < -0.3 is 10.2 Å². The van der Waals surface area contributed by atoms with Gasteiger partial charge in [-0.1, -0.05) is 0 Å². The van der Waals surface area contributed by atoms with Gasteiger partial charge in [-0.15, -0.1) is 12.4 Å². The van der Waals surface area contributed by atoms with Crippen molar-refractivity contribution in [1.29, 1.82) is 0 Å². The number of rotatable bonds is 3. The molecule has 1 rings (SSSR count). The van der Waals surface area contributed by atoms with Crippen LogP contribution in [0.3, 0.4) is 0 Å². The van der Waals surface area contributed by atoms with Crippen LogP contribution in [0.15, 0.2) is 0 Å². The van der Waals surface area contributed by atoms with Crippen LogP contribution in [0.4, 0.5) is 8.78 Å². The zero-order valence-corrected chi connectivity index (χ0v) is 9.74. The topological polar surface area (TPSA) is 32.3 Å². The Hall–Kier alpha value is -0.420. The molecule has 1 heterocycles. The third-order valence-electron chi connectivity index (χ3n) is 2.64. The summed E-state index contributed by atoms with van der Waals surface area (Å²) < 4.78 is 24.1. The van der Waals surface area contributed by atoms with Crippen LogP contribution in [0.5, 0.6) is 0 Å². The number of hydrogen-bond donors (Lipinski definition) is 1. The number of amides is 1. The fourth-order valence-corrected chi connectivity index (χ4v) is 1.75. The second-order valence-electron chi connectivity index (χ2n) is 4.06. The van der Waals surface area contributed by atoms with Crippen LogP contribution in [0.25, 0.3) is 0 Å². The van der Waals surface area contributed by atoms with E-state index in [2.05, 4.69) is 5.32 Å². The zero-order valence-electron chi connectivity index (χ0n) is 8.93. The van der Waals surface area contributed by atoms with Crippen molar-refractivity contribution in [3.05, 3.63) is 0 Å². The molecule has 90 valence electrons. The lowest BCUT2D eigenvalue weighted by atomic mass is 9.88. The third-order valence-corrected chi connectivity index (χ3v) is 2.64. The SMILES string of the molecule is CN(CC(F)F)C(=O)C1(C)CCNC1.Cl. The zero-order chi connectivity index (χ0) is 10.8. The van der Waals surface area contributed by atoms with Crippen molar-refractivity contribution in [1.82, 2.24) is 10.2 Å². The van der Waals surface area contributed by atoms with Gasteiger partial charge in [0.05, 0.1) is 12.0 Å². The van der Waals surface area contributed by atoms with Gasteiger partial charge in [-0.2, -0.15) is 0 Å². The molecule has 15 heavy (non-hydrogen) atoms. The van der Waals surface area contributed by atoms with E-state index in [9.17, 15) is 13.6 Å². The molecule has 1 aliphatic heterocycles. The lowest BCUT2D eigenvalue weighted by Gasteiger charge is -2.27. The van der Waals surface area contributed by atoms with E-state index >= 15 is 0 Å². The minimum absolute atomic E-state index is 0. The molecular weight excluding hydrogens is 226 g/mol. The van der Waals surface area contributed by atoms with Crippen LogP contribution in [-0.2, 0) is 4.79 Å². The van der Waals surface area contributed by atoms with E-state index in [4.69, 9.17) is 0 Å². The highest BCUT2D eigenvalue weighted by atomic mass is 35.5. The summed E-state index contributed by atoms with van der Waals surface area (Å²) in [5, 5.41) is 3.07. The predicted molar refractivity (Wildman–Crippen MR) is 56.5 cm³/mol. The highest BCUT2D eigenvalue weighted by Crippen LogP contribution is 2.26. The van der Waals surface area contributed by atoms with Gasteiger partial charge in [0, 0.05) is 13.6 Å². The van der Waals surface area contributed by atoms with Crippen molar-refractivity contribution in [3.8, 4) is 0 Å². The first-order valence-electron chi connectivity index (χ1n) is 4.70. The summed E-state index contributed by atoms with van der Waals surface area (Å²) in [5.74, 6) is -0.192. The molecule has 1 N–H and O–H groups in total. The first-order chi connectivity index (χ1) is 6.46. The van der Waals surface area contributed by atoms with Gasteiger partial charge in [0.1, 0.15) is 0 Å². The standard InChI is InChI=1S/C9H16F2N2O.ClH/c1-9(3-4-12-6-9)8(14)13(2)5-7(10)11;/h7,12H,3-6H2,1-2H3;1H. The number of hydrogen-bond acceptors (Lipinski definition) is 2. The van der Waals surface area contributed by atoms with Crippen LogP contribution >= 0.6 is 12.4 Å². The Kier molecular flexibility index (Phi) is 5.45. The Balaban J connectivity index is 0.00000196. The molecule has 1 unspecified atom stereocenters. The van der Waals surface area contributed by atoms with Crippen LogP contribution in [0, 0.1) is 5.41 Å². The summed E-state index contributed by atoms with van der Waals surface area (Å²) in [6.45, 7) is 2.70. The Morgan fingerprint density at radius 1 is 1.60 bits per heavy atom. The van der Waals surface area contributed by atoms with E-state index in [0.717, 1.165) is 17.9 Å². The molecule has 0 aromatic carbocycles. The molecule has 1 aliphatic rings. The number of nitrogens with one attached hydrogen (secondary N) is 1. The Labute approximate surface area is 94.6 Å². The summed E-state index contributed by atoms with van der Waals surface area (Å²) in [5.41, 5.74) is -0.496. The minimum Gasteiger partial charge on any atom is -0.340 e. The third kappa shape index (κ3) is 3.57. The lowest BCUT2D eigenvalue weighted by molar-refractivity contribution is -0.140. The van der Waals surface area contributed by atoms with E-state index in [1.165, 1.54) is 7.05 Å². The molecule has 1 fully saturated rings. The molecule has 0 aliphatic carbocycles. The molecule has 1 saturated heterocycles. The van der Waals surface area contributed by atoms with Crippen LogP contribution in [-0.4, -0.2) is 43.9 Å². The number of alkyl halides is 2. The monoisotopic (exact) mass is 242 g/mol. The fraction of sp³-hybridized carbons (Fsp3) is 0.889. The van der Waals surface area contributed by atoms with E-state index < -0.39 is 18.4 Å². The van der Waals surface area contributed by atoms with Crippen molar-refractivity contribution >= 4 is 18.3 Å². The van der Waals surface area contributed by atoms with Gasteiger partial charge in [0.25, 0.3) is 6.43 Å². The van der Waals surface area contributed by atoms with Crippen molar-refractivity contribution in [2.75, 3.05) is 26.7 Å². The Bertz CT molecular complexity index is 220. The van der Waals surface area contributed by atoms with Crippen LogP contribution < -0.4 is 5.32 Å². The molecule has 0 aromatic heterocycles. The predicted octanol–water partition coefficient (Wildman–Crippen LogP) is 1.13. The smallest absolute Gasteiger partial charge is 0.255 e. The van der Waals surface area contributed by atoms with Crippen molar-refractivity contribution in [2.24, 2.45) is 5.41 Å². The maximum absolute atomic E-state index is 12.0. The Morgan fingerprint density at radius 2 is 2.20 bits per heavy atom. The average Bonchev–Trinajstić information content (AvgIpc) is 2.51.